The van der Waals surface area contributed by atoms with Gasteiger partial charge in [0, 0.05) is 74.3 Å². The molecule has 1 aliphatic carbocycles. The molecule has 0 bridgehead atoms. The van der Waals surface area contributed by atoms with Gasteiger partial charge in [0.05, 0.1) is 29.3 Å². The molecule has 17 nitrogen and oxygen atoms in total. The van der Waals surface area contributed by atoms with Crippen molar-refractivity contribution in [1.29, 1.82) is 0 Å². The molecule has 18 heteroatoms. The van der Waals surface area contributed by atoms with Crippen molar-refractivity contribution in [3.8, 4) is 17.2 Å². The Morgan fingerprint density at radius 2 is 1.44 bits per heavy atom. The zero-order chi connectivity index (χ0) is 48.7. The normalized spacial score (nSPS) is 19.2. The van der Waals surface area contributed by atoms with Crippen LogP contribution < -0.4 is 30.3 Å². The van der Waals surface area contributed by atoms with Gasteiger partial charge in [0.15, 0.2) is 0 Å². The number of amides is 7. The topological polar surface area (TPSA) is 200 Å². The summed E-state index contributed by atoms with van der Waals surface area (Å²) in [7, 11) is 1.53. The quantitative estimate of drug-likeness (QED) is 0.0921. The highest BCUT2D eigenvalue weighted by Gasteiger charge is 2.56. The smallest absolute Gasteiger partial charge is 0.262 e. The molecule has 5 heterocycles. The molecule has 3 N–H and O–H groups in total. The van der Waals surface area contributed by atoms with Gasteiger partial charge in [-0.15, -0.1) is 0 Å². The summed E-state index contributed by atoms with van der Waals surface area (Å²) in [5.74, 6) is -1.62. The molecule has 360 valence electrons. The maximum Gasteiger partial charge on any atom is 0.262 e. The van der Waals surface area contributed by atoms with E-state index in [2.05, 4.69) is 30.7 Å². The second-order valence-electron chi connectivity index (χ2n) is 18.5. The average molecular weight is 951 g/mol. The predicted molar refractivity (Wildman–Crippen MR) is 255 cm³/mol. The van der Waals surface area contributed by atoms with Crippen LogP contribution in [0.1, 0.15) is 76.0 Å². The lowest BCUT2D eigenvalue weighted by molar-refractivity contribution is -0.136. The molecule has 1 aromatic heterocycles. The number of anilines is 3. The van der Waals surface area contributed by atoms with E-state index < -0.39 is 52.7 Å². The number of aromatic nitrogens is 1. The van der Waals surface area contributed by atoms with Crippen LogP contribution in [0.2, 0.25) is 0 Å². The maximum atomic E-state index is 14.0. The number of hydrogen-bond acceptors (Lipinski definition) is 12. The fraction of sp³-hybridized carbons (Fsp3) is 0.346. The number of hydrogen-bond donors (Lipinski definition) is 3. The Kier molecular flexibility index (Phi) is 12.5. The van der Waals surface area contributed by atoms with Gasteiger partial charge in [-0.25, -0.2) is 4.39 Å². The zero-order valence-corrected chi connectivity index (χ0v) is 38.5. The first kappa shape index (κ1) is 46.0. The lowest BCUT2D eigenvalue weighted by Crippen LogP contribution is -2.54. The van der Waals surface area contributed by atoms with Crippen molar-refractivity contribution in [2.75, 3.05) is 68.5 Å². The number of pyridine rings is 1. The van der Waals surface area contributed by atoms with Crippen LogP contribution in [0, 0.1) is 17.2 Å². The summed E-state index contributed by atoms with van der Waals surface area (Å²) in [5.41, 5.74) is 2.07. The van der Waals surface area contributed by atoms with Crippen LogP contribution >= 0.6 is 0 Å². The number of imide groups is 2. The number of nitrogens with one attached hydrogen (secondary N) is 3. The minimum atomic E-state index is -1.20. The first-order chi connectivity index (χ1) is 33.9. The van der Waals surface area contributed by atoms with Gasteiger partial charge in [-0.05, 0) is 136 Å². The van der Waals surface area contributed by atoms with E-state index >= 15 is 0 Å². The number of piperidine rings is 2. The Morgan fingerprint density at radius 1 is 0.771 bits per heavy atom. The van der Waals surface area contributed by atoms with Gasteiger partial charge in [-0.3, -0.25) is 53.7 Å². The summed E-state index contributed by atoms with van der Waals surface area (Å²) in [6, 6.07) is 21.6. The first-order valence-electron chi connectivity index (χ1n) is 23.6. The van der Waals surface area contributed by atoms with Crippen molar-refractivity contribution < 1.29 is 47.4 Å². The van der Waals surface area contributed by atoms with E-state index in [4.69, 9.17) is 9.47 Å². The summed E-state index contributed by atoms with van der Waals surface area (Å²) in [4.78, 5) is 103. The highest BCUT2D eigenvalue weighted by atomic mass is 19.1. The van der Waals surface area contributed by atoms with Gasteiger partial charge < -0.3 is 29.9 Å². The second-order valence-corrected chi connectivity index (χ2v) is 18.5. The van der Waals surface area contributed by atoms with Crippen molar-refractivity contribution >= 4 is 69.3 Å². The van der Waals surface area contributed by atoms with Crippen LogP contribution in [-0.2, 0) is 19.2 Å². The van der Waals surface area contributed by atoms with Crippen LogP contribution in [0.25, 0.3) is 10.9 Å². The second kappa shape index (κ2) is 19.0. The van der Waals surface area contributed by atoms with Gasteiger partial charge in [-0.1, -0.05) is 0 Å². The van der Waals surface area contributed by atoms with Crippen molar-refractivity contribution in [3.63, 3.8) is 0 Å². The van der Waals surface area contributed by atoms with Crippen LogP contribution in [0.3, 0.4) is 0 Å². The zero-order valence-electron chi connectivity index (χ0n) is 38.5. The van der Waals surface area contributed by atoms with Crippen molar-refractivity contribution in [2.45, 2.75) is 51.0 Å². The van der Waals surface area contributed by atoms with E-state index in [0.717, 1.165) is 62.6 Å². The fourth-order valence-corrected chi connectivity index (χ4v) is 9.87. The third kappa shape index (κ3) is 9.13. The molecule has 1 unspecified atom stereocenters. The maximum absolute atomic E-state index is 14.0. The molecule has 5 aliphatic rings. The Bertz CT molecular complexity index is 2930. The third-order valence-corrected chi connectivity index (χ3v) is 14.2. The number of carbonyl (C=O) groups is 7. The molecule has 7 amide bonds. The average Bonchev–Trinajstić information content (AvgIpc) is 4.16. The van der Waals surface area contributed by atoms with Gasteiger partial charge in [0.25, 0.3) is 17.7 Å². The summed E-state index contributed by atoms with van der Waals surface area (Å²) in [5, 5.41) is 8.43. The Morgan fingerprint density at radius 3 is 2.10 bits per heavy atom. The van der Waals surface area contributed by atoms with Crippen molar-refractivity contribution in [3.05, 3.63) is 114 Å². The van der Waals surface area contributed by atoms with Crippen LogP contribution in [0.15, 0.2) is 91.1 Å². The largest absolute Gasteiger partial charge is 0.496 e. The lowest BCUT2D eigenvalue weighted by Gasteiger charge is -2.38. The molecule has 4 fully saturated rings. The molecule has 4 aromatic carbocycles. The highest BCUT2D eigenvalue weighted by molar-refractivity contribution is 6.24. The minimum Gasteiger partial charge on any atom is -0.496 e. The van der Waals surface area contributed by atoms with Crippen LogP contribution in [0.5, 0.6) is 17.2 Å². The molecule has 5 aromatic rings. The minimum absolute atomic E-state index is 0.0713. The van der Waals surface area contributed by atoms with E-state index in [-0.39, 0.29) is 29.9 Å². The molecule has 0 spiro atoms. The Hall–Kier alpha value is -7.73. The number of carbonyl (C=O) groups excluding carboxylic acids is 7. The highest BCUT2D eigenvalue weighted by Crippen LogP contribution is 2.48. The number of fused-ring (bicyclic) bond motifs is 2. The van der Waals surface area contributed by atoms with Crippen molar-refractivity contribution in [1.82, 2.24) is 25.0 Å². The number of methoxy groups -OCH3 is 1. The summed E-state index contributed by atoms with van der Waals surface area (Å²) < 4.78 is 25.4. The van der Waals surface area contributed by atoms with E-state index in [1.54, 1.807) is 60.8 Å². The number of rotatable bonds is 13. The molecule has 70 heavy (non-hydrogen) atoms. The van der Waals surface area contributed by atoms with Crippen LogP contribution in [0.4, 0.5) is 21.5 Å². The van der Waals surface area contributed by atoms with Gasteiger partial charge >= 0.3 is 0 Å². The lowest BCUT2D eigenvalue weighted by atomic mass is 9.92. The molecular formula is C52H51FN8O9. The fourth-order valence-electron chi connectivity index (χ4n) is 9.87. The third-order valence-electron chi connectivity index (χ3n) is 14.2. The van der Waals surface area contributed by atoms with E-state index in [1.165, 1.54) is 31.4 Å². The van der Waals surface area contributed by atoms with Crippen molar-refractivity contribution in [2.24, 2.45) is 11.3 Å². The predicted octanol–water partition coefficient (Wildman–Crippen LogP) is 6.00. The number of piperazine rings is 1. The number of likely N-dealkylation sites (tertiary alicyclic amines) is 1. The van der Waals surface area contributed by atoms with Gasteiger partial charge in [0.2, 0.25) is 23.6 Å². The Balaban J connectivity index is 0.695. The molecule has 10 rings (SSSR count). The van der Waals surface area contributed by atoms with Crippen LogP contribution in [-0.4, -0.2) is 120 Å². The number of nitrogens with zero attached hydrogens (tertiary/aromatic N) is 5. The Labute approximate surface area is 402 Å². The van der Waals surface area contributed by atoms with Gasteiger partial charge in [-0.2, -0.15) is 0 Å². The number of ether oxygens (including phenoxy) is 2. The standard InChI is InChI=1S/C52H51FN8O9/c1-69-44-30-39-41(54-20-14-43(39)70-36-9-6-34(7-10-36)56-51(68)52(18-19-52)50(67)55-33-4-2-32(53)3-5-33)29-40(44)47(64)60-22-16-31(17-23-60)15-21-58-24-26-59(27-25-58)35-8-11-37-38(28-35)49(66)61(48(37)65)42-12-13-45(62)57-46(42)63/h2-11,14,20,28-31,42H,12-13,15-19,21-27H2,1H3,(H,55,67)(H,56,68)(H,57,62,63). The van der Waals surface area contributed by atoms with E-state index in [0.29, 0.717) is 76.9 Å². The van der Waals surface area contributed by atoms with E-state index in [1.807, 2.05) is 11.0 Å². The van der Waals surface area contributed by atoms with E-state index in [9.17, 15) is 38.0 Å². The molecule has 3 saturated heterocycles. The summed E-state index contributed by atoms with van der Waals surface area (Å²) in [6.07, 6.45) is 5.37. The number of halogens is 1. The molecule has 1 saturated carbocycles. The summed E-state index contributed by atoms with van der Waals surface area (Å²) in [6.45, 7) is 5.35. The summed E-state index contributed by atoms with van der Waals surface area (Å²) >= 11 is 0. The van der Waals surface area contributed by atoms with Gasteiger partial charge in [0.1, 0.15) is 34.5 Å². The molecule has 0 radical (unpaired) electrons. The SMILES string of the molecule is COc1cc2c(Oc3ccc(NC(=O)C4(C(=O)Nc5ccc(F)cc5)CC4)cc3)ccnc2cc1C(=O)N1CCC(CCN2CCN(c3ccc4c(c3)C(=O)N(C3CCC(=O)NC3=O)C4=O)CC2)CC1. The number of benzene rings is 4. The first-order valence-corrected chi connectivity index (χ1v) is 23.6. The molecular weight excluding hydrogens is 900 g/mol. The molecule has 1 atom stereocenters. The monoisotopic (exact) mass is 950 g/mol. The molecule has 4 aliphatic heterocycles.